The lowest BCUT2D eigenvalue weighted by atomic mass is 9.97. The third kappa shape index (κ3) is 3.38. The maximum Gasteiger partial charge on any atom is 0.266 e. The quantitative estimate of drug-likeness (QED) is 0.928. The number of aromatic amines is 1. The van der Waals surface area contributed by atoms with Crippen molar-refractivity contribution in [1.29, 1.82) is 5.26 Å². The van der Waals surface area contributed by atoms with Crippen LogP contribution in [-0.2, 0) is 11.2 Å². The lowest BCUT2D eigenvalue weighted by Gasteiger charge is -2.31. The number of hydrogen-bond acceptors (Lipinski definition) is 3. The van der Waals surface area contributed by atoms with Crippen molar-refractivity contribution in [1.82, 2.24) is 9.88 Å². The lowest BCUT2D eigenvalue weighted by Crippen LogP contribution is -2.39. The normalized spacial score (nSPS) is 18.1. The van der Waals surface area contributed by atoms with Gasteiger partial charge in [0, 0.05) is 25.2 Å². The first-order valence-electron chi connectivity index (χ1n) is 7.84. The molecule has 5 nitrogen and oxygen atoms in total. The number of carbonyl (C=O) groups excluding carboxylic acids is 1. The van der Waals surface area contributed by atoms with Gasteiger partial charge in [-0.3, -0.25) is 9.59 Å². The monoisotopic (exact) mass is 301 g/mol. The number of pyridine rings is 1. The number of aryl methyl sites for hydroxylation is 1. The fraction of sp³-hybridized carbons (Fsp3) is 0.588. The van der Waals surface area contributed by atoms with Gasteiger partial charge in [0.05, 0.1) is 0 Å². The topological polar surface area (TPSA) is 77.0 Å². The molecule has 1 unspecified atom stereocenters. The predicted molar refractivity (Wildman–Crippen MR) is 84.6 cm³/mol. The van der Waals surface area contributed by atoms with Crippen LogP contribution in [0.4, 0.5) is 0 Å². The Morgan fingerprint density at radius 3 is 2.82 bits per heavy atom. The zero-order chi connectivity index (χ0) is 16.3. The van der Waals surface area contributed by atoms with Gasteiger partial charge in [0.1, 0.15) is 11.6 Å². The van der Waals surface area contributed by atoms with Crippen molar-refractivity contribution in [2.24, 2.45) is 5.92 Å². The Morgan fingerprint density at radius 1 is 1.45 bits per heavy atom. The summed E-state index contributed by atoms with van der Waals surface area (Å²) in [6.45, 7) is 7.46. The highest BCUT2D eigenvalue weighted by molar-refractivity contribution is 5.76. The molecule has 1 aromatic rings. The first-order chi connectivity index (χ1) is 10.4. The first-order valence-corrected chi connectivity index (χ1v) is 7.84. The predicted octanol–water partition coefficient (Wildman–Crippen LogP) is 2.05. The van der Waals surface area contributed by atoms with Gasteiger partial charge in [-0.2, -0.15) is 5.26 Å². The van der Waals surface area contributed by atoms with E-state index in [1.165, 1.54) is 6.42 Å². The molecule has 1 aliphatic heterocycles. The van der Waals surface area contributed by atoms with Crippen molar-refractivity contribution >= 4 is 5.91 Å². The number of likely N-dealkylation sites (tertiary alicyclic amines) is 1. The summed E-state index contributed by atoms with van der Waals surface area (Å²) in [5.41, 5.74) is 2.16. The minimum absolute atomic E-state index is 0.152. The van der Waals surface area contributed by atoms with Gasteiger partial charge in [0.25, 0.3) is 5.56 Å². The van der Waals surface area contributed by atoms with Crippen molar-refractivity contribution in [3.8, 4) is 6.07 Å². The number of nitrogens with zero attached hydrogens (tertiary/aromatic N) is 2. The summed E-state index contributed by atoms with van der Waals surface area (Å²) in [6.07, 6.45) is 3.24. The van der Waals surface area contributed by atoms with E-state index in [9.17, 15) is 9.59 Å². The van der Waals surface area contributed by atoms with Crippen molar-refractivity contribution in [3.63, 3.8) is 0 Å². The lowest BCUT2D eigenvalue weighted by molar-refractivity contribution is -0.132. The largest absolute Gasteiger partial charge is 0.342 e. The van der Waals surface area contributed by atoms with Crippen molar-refractivity contribution in [3.05, 3.63) is 32.7 Å². The number of H-pyrrole nitrogens is 1. The van der Waals surface area contributed by atoms with Gasteiger partial charge in [0.2, 0.25) is 5.91 Å². The minimum atomic E-state index is -0.350. The van der Waals surface area contributed by atoms with E-state index in [1.54, 1.807) is 6.92 Å². The van der Waals surface area contributed by atoms with Gasteiger partial charge in [-0.05, 0) is 50.2 Å². The average molecular weight is 301 g/mol. The Labute approximate surface area is 130 Å². The van der Waals surface area contributed by atoms with Crippen LogP contribution in [0.2, 0.25) is 0 Å². The van der Waals surface area contributed by atoms with Crippen LogP contribution in [0.15, 0.2) is 4.79 Å². The second-order valence-electron chi connectivity index (χ2n) is 6.26. The Kier molecular flexibility index (Phi) is 5.02. The maximum atomic E-state index is 12.3. The van der Waals surface area contributed by atoms with E-state index < -0.39 is 0 Å². The Bertz CT molecular complexity index is 670. The van der Waals surface area contributed by atoms with Gasteiger partial charge in [-0.15, -0.1) is 0 Å². The van der Waals surface area contributed by atoms with E-state index in [1.807, 2.05) is 17.9 Å². The van der Waals surface area contributed by atoms with E-state index in [4.69, 9.17) is 5.26 Å². The SMILES string of the molecule is Cc1[nH]c(=O)c(C#N)c(C)c1CCC(=O)N1CCCC(C)C1. The Hall–Kier alpha value is -2.09. The van der Waals surface area contributed by atoms with Crippen LogP contribution >= 0.6 is 0 Å². The van der Waals surface area contributed by atoms with E-state index in [-0.39, 0.29) is 17.0 Å². The fourth-order valence-corrected chi connectivity index (χ4v) is 3.23. The molecule has 118 valence electrons. The van der Waals surface area contributed by atoms with Crippen LogP contribution in [-0.4, -0.2) is 28.9 Å². The smallest absolute Gasteiger partial charge is 0.266 e. The molecule has 0 radical (unpaired) electrons. The van der Waals surface area contributed by atoms with Crippen molar-refractivity contribution in [2.75, 3.05) is 13.1 Å². The Morgan fingerprint density at radius 2 is 2.18 bits per heavy atom. The highest BCUT2D eigenvalue weighted by atomic mass is 16.2. The zero-order valence-corrected chi connectivity index (χ0v) is 13.5. The molecule has 2 rings (SSSR count). The molecule has 22 heavy (non-hydrogen) atoms. The molecule has 1 fully saturated rings. The number of carbonyl (C=O) groups is 1. The van der Waals surface area contributed by atoms with Crippen LogP contribution in [0.1, 0.15) is 48.6 Å². The van der Waals surface area contributed by atoms with Crippen LogP contribution < -0.4 is 5.56 Å². The van der Waals surface area contributed by atoms with Crippen molar-refractivity contribution < 1.29 is 4.79 Å². The zero-order valence-electron chi connectivity index (χ0n) is 13.5. The molecule has 1 atom stereocenters. The van der Waals surface area contributed by atoms with Crippen LogP contribution in [0.3, 0.4) is 0 Å². The summed E-state index contributed by atoms with van der Waals surface area (Å²) in [5.74, 6) is 0.731. The molecular formula is C17H23N3O2. The summed E-state index contributed by atoms with van der Waals surface area (Å²) in [4.78, 5) is 28.7. The molecule has 1 aromatic heterocycles. The molecule has 1 amide bonds. The number of piperidine rings is 1. The van der Waals surface area contributed by atoms with E-state index in [0.29, 0.717) is 24.3 Å². The first kappa shape index (κ1) is 16.3. The van der Waals surface area contributed by atoms with E-state index in [2.05, 4.69) is 11.9 Å². The van der Waals surface area contributed by atoms with Crippen LogP contribution in [0.5, 0.6) is 0 Å². The number of nitrogens with one attached hydrogen (secondary N) is 1. The maximum absolute atomic E-state index is 12.3. The summed E-state index contributed by atoms with van der Waals surface area (Å²) in [7, 11) is 0. The molecule has 0 aromatic carbocycles. The third-order valence-corrected chi connectivity index (χ3v) is 4.52. The third-order valence-electron chi connectivity index (χ3n) is 4.52. The molecule has 1 aliphatic rings. The molecule has 1 N–H and O–H groups in total. The highest BCUT2D eigenvalue weighted by Gasteiger charge is 2.21. The van der Waals surface area contributed by atoms with Crippen LogP contribution in [0, 0.1) is 31.1 Å². The second-order valence-corrected chi connectivity index (χ2v) is 6.26. The summed E-state index contributed by atoms with van der Waals surface area (Å²) < 4.78 is 0. The van der Waals surface area contributed by atoms with Gasteiger partial charge in [-0.25, -0.2) is 0 Å². The number of amides is 1. The molecule has 0 saturated carbocycles. The minimum Gasteiger partial charge on any atom is -0.342 e. The van der Waals surface area contributed by atoms with E-state index >= 15 is 0 Å². The fourth-order valence-electron chi connectivity index (χ4n) is 3.23. The summed E-state index contributed by atoms with van der Waals surface area (Å²) in [6, 6.07) is 1.95. The molecule has 0 spiro atoms. The second kappa shape index (κ2) is 6.78. The summed E-state index contributed by atoms with van der Waals surface area (Å²) >= 11 is 0. The molecule has 0 aliphatic carbocycles. The molecule has 5 heteroatoms. The van der Waals surface area contributed by atoms with Crippen molar-refractivity contribution in [2.45, 2.75) is 46.5 Å². The standard InChI is InChI=1S/C17H23N3O2/c1-11-5-4-8-20(10-11)16(21)7-6-14-12(2)15(9-18)17(22)19-13(14)3/h11H,4-8,10H2,1-3H3,(H,19,22). The Balaban J connectivity index is 2.10. The van der Waals surface area contributed by atoms with Gasteiger partial charge >= 0.3 is 0 Å². The molecular weight excluding hydrogens is 278 g/mol. The molecule has 1 saturated heterocycles. The highest BCUT2D eigenvalue weighted by Crippen LogP contribution is 2.19. The number of aromatic nitrogens is 1. The molecule has 2 heterocycles. The number of hydrogen-bond donors (Lipinski definition) is 1. The number of rotatable bonds is 3. The van der Waals surface area contributed by atoms with Crippen LogP contribution in [0.25, 0.3) is 0 Å². The average Bonchev–Trinajstić information content (AvgIpc) is 2.46. The number of nitriles is 1. The summed E-state index contributed by atoms with van der Waals surface area (Å²) in [5, 5.41) is 9.08. The van der Waals surface area contributed by atoms with Gasteiger partial charge < -0.3 is 9.88 Å². The van der Waals surface area contributed by atoms with Gasteiger partial charge in [0.15, 0.2) is 0 Å². The molecule has 0 bridgehead atoms. The van der Waals surface area contributed by atoms with Gasteiger partial charge in [-0.1, -0.05) is 6.92 Å². The van der Waals surface area contributed by atoms with E-state index in [0.717, 1.165) is 30.8 Å².